The first-order valence-corrected chi connectivity index (χ1v) is 7.26. The third kappa shape index (κ3) is 2.56. The highest BCUT2D eigenvalue weighted by atomic mass is 35.5. The SMILES string of the molecule is Nc1c2c(cc(=O)n1-c1c(C(F)(F)F)ccc(Cl)c1Cl)C(=O)NC2=O. The molecule has 3 rings (SSSR count). The number of nitrogens with zero attached hydrogens (tertiary/aromatic N) is 1. The summed E-state index contributed by atoms with van der Waals surface area (Å²) in [6.45, 7) is 0. The second-order valence-corrected chi connectivity index (χ2v) is 5.82. The Bertz CT molecular complexity index is 1020. The molecule has 1 aromatic heterocycles. The molecule has 1 aromatic carbocycles. The van der Waals surface area contributed by atoms with Crippen LogP contribution in [-0.4, -0.2) is 16.4 Å². The van der Waals surface area contributed by atoms with Gasteiger partial charge in [-0.05, 0) is 12.1 Å². The molecule has 2 heterocycles. The number of hydrogen-bond donors (Lipinski definition) is 2. The molecule has 0 saturated heterocycles. The van der Waals surface area contributed by atoms with Crippen molar-refractivity contribution in [2.75, 3.05) is 5.73 Å². The Morgan fingerprint density at radius 1 is 1.08 bits per heavy atom. The van der Waals surface area contributed by atoms with Gasteiger partial charge >= 0.3 is 6.18 Å². The quantitative estimate of drug-likeness (QED) is 0.730. The molecule has 25 heavy (non-hydrogen) atoms. The molecule has 1 aliphatic rings. The van der Waals surface area contributed by atoms with E-state index in [-0.39, 0.29) is 10.6 Å². The number of amides is 2. The second-order valence-electron chi connectivity index (χ2n) is 5.03. The van der Waals surface area contributed by atoms with Gasteiger partial charge in [0.2, 0.25) is 0 Å². The lowest BCUT2D eigenvalue weighted by molar-refractivity contribution is -0.137. The minimum absolute atomic E-state index is 0.253. The summed E-state index contributed by atoms with van der Waals surface area (Å²) in [7, 11) is 0. The zero-order valence-corrected chi connectivity index (χ0v) is 13.4. The van der Waals surface area contributed by atoms with Crippen molar-refractivity contribution in [1.29, 1.82) is 0 Å². The molecule has 0 aliphatic carbocycles. The maximum absolute atomic E-state index is 13.3. The van der Waals surface area contributed by atoms with Crippen LogP contribution in [0.25, 0.3) is 5.69 Å². The number of pyridine rings is 1. The van der Waals surface area contributed by atoms with Crippen molar-refractivity contribution in [2.24, 2.45) is 0 Å². The fourth-order valence-corrected chi connectivity index (χ4v) is 2.90. The van der Waals surface area contributed by atoms with Gasteiger partial charge in [0.05, 0.1) is 32.4 Å². The normalized spacial score (nSPS) is 13.8. The minimum atomic E-state index is -4.88. The highest BCUT2D eigenvalue weighted by molar-refractivity contribution is 6.43. The van der Waals surface area contributed by atoms with E-state index in [1.54, 1.807) is 0 Å². The monoisotopic (exact) mass is 391 g/mol. The zero-order valence-electron chi connectivity index (χ0n) is 11.9. The molecular weight excluding hydrogens is 386 g/mol. The van der Waals surface area contributed by atoms with E-state index in [2.05, 4.69) is 0 Å². The number of halogens is 5. The molecule has 0 fully saturated rings. The van der Waals surface area contributed by atoms with Gasteiger partial charge in [0.25, 0.3) is 17.4 Å². The van der Waals surface area contributed by atoms with Crippen molar-refractivity contribution in [1.82, 2.24) is 9.88 Å². The van der Waals surface area contributed by atoms with E-state index in [1.165, 1.54) is 0 Å². The number of anilines is 1. The first-order chi connectivity index (χ1) is 11.5. The Kier molecular flexibility index (Phi) is 3.81. The summed E-state index contributed by atoms with van der Waals surface area (Å²) in [5, 5.41) is 1.08. The summed E-state index contributed by atoms with van der Waals surface area (Å²) in [4.78, 5) is 35.7. The minimum Gasteiger partial charge on any atom is -0.384 e. The van der Waals surface area contributed by atoms with Crippen LogP contribution >= 0.6 is 23.2 Å². The van der Waals surface area contributed by atoms with Crippen LogP contribution in [0.3, 0.4) is 0 Å². The standard InChI is InChI=1S/C14H6Cl2F3N3O3/c15-6-2-1-5(14(17,18)19)10(9(6)16)22-7(23)3-4-8(11(22)20)13(25)21-12(4)24/h1-3H,20H2,(H,21,24,25). The first kappa shape index (κ1) is 17.3. The van der Waals surface area contributed by atoms with Crippen LogP contribution in [0.1, 0.15) is 26.3 Å². The van der Waals surface area contributed by atoms with Gasteiger partial charge in [-0.15, -0.1) is 0 Å². The predicted octanol–water partition coefficient (Wildman–Crippen LogP) is 2.63. The zero-order chi connectivity index (χ0) is 18.7. The molecule has 6 nitrogen and oxygen atoms in total. The molecule has 0 spiro atoms. The van der Waals surface area contributed by atoms with E-state index in [0.29, 0.717) is 16.7 Å². The van der Waals surface area contributed by atoms with E-state index < -0.39 is 51.2 Å². The highest BCUT2D eigenvalue weighted by Gasteiger charge is 2.38. The number of imide groups is 1. The molecule has 0 radical (unpaired) electrons. The molecule has 0 bridgehead atoms. The predicted molar refractivity (Wildman–Crippen MR) is 83.3 cm³/mol. The molecule has 2 aromatic rings. The average Bonchev–Trinajstić information content (AvgIpc) is 2.76. The Labute approximate surface area is 146 Å². The van der Waals surface area contributed by atoms with Gasteiger partial charge in [-0.1, -0.05) is 23.2 Å². The summed E-state index contributed by atoms with van der Waals surface area (Å²) in [6.07, 6.45) is -4.88. The smallest absolute Gasteiger partial charge is 0.384 e. The van der Waals surface area contributed by atoms with E-state index in [1.807, 2.05) is 5.32 Å². The fraction of sp³-hybridized carbons (Fsp3) is 0.0714. The number of nitrogen functional groups attached to an aromatic ring is 1. The van der Waals surface area contributed by atoms with Crippen molar-refractivity contribution >= 4 is 40.8 Å². The molecule has 11 heteroatoms. The number of nitrogens with two attached hydrogens (primary N) is 1. The number of hydrogen-bond acceptors (Lipinski definition) is 4. The molecule has 3 N–H and O–H groups in total. The first-order valence-electron chi connectivity index (χ1n) is 6.50. The van der Waals surface area contributed by atoms with Crippen LogP contribution in [-0.2, 0) is 6.18 Å². The van der Waals surface area contributed by atoms with Gasteiger partial charge in [-0.25, -0.2) is 0 Å². The maximum Gasteiger partial charge on any atom is 0.418 e. The van der Waals surface area contributed by atoms with Crippen molar-refractivity contribution in [3.8, 4) is 5.69 Å². The number of rotatable bonds is 1. The van der Waals surface area contributed by atoms with Gasteiger partial charge in [0.1, 0.15) is 5.82 Å². The van der Waals surface area contributed by atoms with Crippen LogP contribution in [0.4, 0.5) is 19.0 Å². The second kappa shape index (κ2) is 5.50. The average molecular weight is 392 g/mol. The number of benzene rings is 1. The third-order valence-electron chi connectivity index (χ3n) is 3.55. The lowest BCUT2D eigenvalue weighted by Crippen LogP contribution is -2.26. The Morgan fingerprint density at radius 3 is 2.32 bits per heavy atom. The van der Waals surface area contributed by atoms with Crippen LogP contribution < -0.4 is 16.6 Å². The van der Waals surface area contributed by atoms with Gasteiger partial charge < -0.3 is 5.73 Å². The van der Waals surface area contributed by atoms with E-state index >= 15 is 0 Å². The van der Waals surface area contributed by atoms with E-state index in [9.17, 15) is 27.6 Å². The van der Waals surface area contributed by atoms with Crippen molar-refractivity contribution in [2.45, 2.75) is 6.18 Å². The van der Waals surface area contributed by atoms with Gasteiger partial charge in [0, 0.05) is 6.07 Å². The van der Waals surface area contributed by atoms with Crippen molar-refractivity contribution < 1.29 is 22.8 Å². The topological polar surface area (TPSA) is 94.2 Å². The molecule has 0 unspecified atom stereocenters. The fourth-order valence-electron chi connectivity index (χ4n) is 2.50. The van der Waals surface area contributed by atoms with Gasteiger partial charge in [-0.3, -0.25) is 24.3 Å². The largest absolute Gasteiger partial charge is 0.418 e. The molecule has 130 valence electrons. The molecule has 2 amide bonds. The lowest BCUT2D eigenvalue weighted by Gasteiger charge is -2.19. The Hall–Kier alpha value is -2.52. The molecule has 0 atom stereocenters. The maximum atomic E-state index is 13.3. The van der Waals surface area contributed by atoms with Crippen molar-refractivity contribution in [3.63, 3.8) is 0 Å². The molecular formula is C14H6Cl2F3N3O3. The number of fused-ring (bicyclic) bond motifs is 1. The number of carbonyl (C=O) groups is 2. The number of nitrogens with one attached hydrogen (secondary N) is 1. The summed E-state index contributed by atoms with van der Waals surface area (Å²) in [5.41, 5.74) is 1.83. The summed E-state index contributed by atoms with van der Waals surface area (Å²) >= 11 is 11.7. The van der Waals surface area contributed by atoms with Crippen LogP contribution in [0.15, 0.2) is 23.0 Å². The summed E-state index contributed by atoms with van der Waals surface area (Å²) in [5.74, 6) is -2.46. The third-order valence-corrected chi connectivity index (χ3v) is 4.35. The summed E-state index contributed by atoms with van der Waals surface area (Å²) < 4.78 is 40.4. The van der Waals surface area contributed by atoms with Gasteiger partial charge in [0.15, 0.2) is 0 Å². The van der Waals surface area contributed by atoms with E-state index in [4.69, 9.17) is 28.9 Å². The Balaban J connectivity index is 2.46. The molecule has 1 aliphatic heterocycles. The lowest BCUT2D eigenvalue weighted by atomic mass is 10.1. The van der Waals surface area contributed by atoms with Crippen LogP contribution in [0.2, 0.25) is 10.0 Å². The van der Waals surface area contributed by atoms with Crippen LogP contribution in [0, 0.1) is 0 Å². The summed E-state index contributed by atoms with van der Waals surface area (Å²) in [6, 6.07) is 2.26. The molecule has 0 saturated carbocycles. The number of alkyl halides is 3. The Morgan fingerprint density at radius 2 is 1.72 bits per heavy atom. The number of aromatic nitrogens is 1. The van der Waals surface area contributed by atoms with E-state index in [0.717, 1.165) is 6.07 Å². The van der Waals surface area contributed by atoms with Crippen LogP contribution in [0.5, 0.6) is 0 Å². The highest BCUT2D eigenvalue weighted by Crippen LogP contribution is 2.41. The van der Waals surface area contributed by atoms with Crippen molar-refractivity contribution in [3.05, 3.63) is 55.3 Å². The van der Waals surface area contributed by atoms with Gasteiger partial charge in [-0.2, -0.15) is 13.2 Å². The number of carbonyl (C=O) groups excluding carboxylic acids is 2.